The summed E-state index contributed by atoms with van der Waals surface area (Å²) in [6.45, 7) is 7.78. The molecular weight excluding hydrogens is 491 g/mol. The maximum absolute atomic E-state index is 14.0. The Balaban J connectivity index is 0.000000270. The van der Waals surface area contributed by atoms with Crippen LogP contribution in [0.3, 0.4) is 0 Å². The molecule has 2 aromatic carbocycles. The molecule has 0 radical (unpaired) electrons. The van der Waals surface area contributed by atoms with Crippen LogP contribution in [0, 0.1) is 5.82 Å². The first-order valence-electron chi connectivity index (χ1n) is 12.1. The highest BCUT2D eigenvalue weighted by atomic mass is 32.2. The normalized spacial score (nSPS) is 14.7. The molecule has 1 aliphatic carbocycles. The van der Waals surface area contributed by atoms with E-state index >= 15 is 0 Å². The van der Waals surface area contributed by atoms with Crippen LogP contribution in [0.1, 0.15) is 46.1 Å². The van der Waals surface area contributed by atoms with Crippen molar-refractivity contribution in [3.05, 3.63) is 71.9 Å². The van der Waals surface area contributed by atoms with Crippen molar-refractivity contribution in [3.63, 3.8) is 0 Å². The average Bonchev–Trinajstić information content (AvgIpc) is 3.72. The molecule has 1 aliphatic rings. The quantitative estimate of drug-likeness (QED) is 0.303. The van der Waals surface area contributed by atoms with E-state index in [0.29, 0.717) is 35.6 Å². The van der Waals surface area contributed by atoms with E-state index in [4.69, 9.17) is 10.5 Å². The molecule has 1 aromatic heterocycles. The van der Waals surface area contributed by atoms with Crippen LogP contribution in [0.25, 0.3) is 10.9 Å². The van der Waals surface area contributed by atoms with Crippen molar-refractivity contribution in [1.82, 2.24) is 10.3 Å². The summed E-state index contributed by atoms with van der Waals surface area (Å²) >= 11 is 0. The maximum Gasteiger partial charge on any atom is 0.211 e. The van der Waals surface area contributed by atoms with E-state index in [-0.39, 0.29) is 16.6 Å². The fraction of sp³-hybridized carbons (Fsp3) is 0.321. The molecule has 0 saturated heterocycles. The smallest absolute Gasteiger partial charge is 0.211 e. The van der Waals surface area contributed by atoms with E-state index in [9.17, 15) is 13.4 Å². The number of aromatic nitrogens is 1. The number of rotatable bonds is 8. The highest BCUT2D eigenvalue weighted by Crippen LogP contribution is 2.34. The molecule has 0 bridgehead atoms. The molecule has 1 amide bonds. The van der Waals surface area contributed by atoms with Gasteiger partial charge in [0.05, 0.1) is 27.6 Å². The number of benzene rings is 2. The molecule has 1 heterocycles. The van der Waals surface area contributed by atoms with Crippen molar-refractivity contribution in [2.24, 2.45) is 10.7 Å². The van der Waals surface area contributed by atoms with Gasteiger partial charge in [-0.05, 0) is 75.9 Å². The molecule has 3 N–H and O–H groups in total. The lowest BCUT2D eigenvalue weighted by Crippen LogP contribution is -2.16. The van der Waals surface area contributed by atoms with E-state index in [2.05, 4.69) is 15.3 Å². The number of aliphatic imine (C=N–C) groups is 1. The van der Waals surface area contributed by atoms with Crippen LogP contribution in [0.5, 0.6) is 11.5 Å². The van der Waals surface area contributed by atoms with Crippen molar-refractivity contribution in [2.45, 2.75) is 62.6 Å². The number of hydrogen-bond acceptors (Lipinski definition) is 6. The Labute approximate surface area is 219 Å². The number of amides is 1. The number of halogens is 1. The zero-order valence-corrected chi connectivity index (χ0v) is 22.3. The second-order valence-electron chi connectivity index (χ2n) is 9.51. The Hall–Kier alpha value is -3.59. The summed E-state index contributed by atoms with van der Waals surface area (Å²) in [6.07, 6.45) is 7.73. The van der Waals surface area contributed by atoms with E-state index in [1.54, 1.807) is 24.4 Å². The second kappa shape index (κ2) is 12.6. The van der Waals surface area contributed by atoms with Crippen molar-refractivity contribution < 1.29 is 18.1 Å². The fourth-order valence-electron chi connectivity index (χ4n) is 3.25. The van der Waals surface area contributed by atoms with Gasteiger partial charge in [0.25, 0.3) is 0 Å². The van der Waals surface area contributed by atoms with Gasteiger partial charge in [-0.25, -0.2) is 4.39 Å². The number of hydrogen-bond donors (Lipinski definition) is 2. The zero-order valence-electron chi connectivity index (χ0n) is 21.5. The Morgan fingerprint density at radius 3 is 2.59 bits per heavy atom. The largest absolute Gasteiger partial charge is 0.456 e. The fourth-order valence-corrected chi connectivity index (χ4v) is 4.64. The van der Waals surface area contributed by atoms with Crippen LogP contribution in [0.4, 0.5) is 4.39 Å². The topological polar surface area (TPSA) is 107 Å². The number of carbonyl (C=O) groups is 1. The Morgan fingerprint density at radius 1 is 1.24 bits per heavy atom. The molecule has 3 aromatic rings. The van der Waals surface area contributed by atoms with Gasteiger partial charge in [0, 0.05) is 40.2 Å². The van der Waals surface area contributed by atoms with Gasteiger partial charge in [-0.15, -0.1) is 0 Å². The highest BCUT2D eigenvalue weighted by molar-refractivity contribution is 7.86. The van der Waals surface area contributed by atoms with Gasteiger partial charge in [-0.1, -0.05) is 13.0 Å². The van der Waals surface area contributed by atoms with Crippen LogP contribution in [0.15, 0.2) is 70.4 Å². The number of aryl methyl sites for hydroxylation is 1. The van der Waals surface area contributed by atoms with Crippen molar-refractivity contribution in [2.75, 3.05) is 0 Å². The van der Waals surface area contributed by atoms with Crippen molar-refractivity contribution in [1.29, 1.82) is 0 Å². The molecular formula is C28H33FN4O3S. The van der Waals surface area contributed by atoms with Crippen LogP contribution in [0.2, 0.25) is 0 Å². The first-order valence-corrected chi connectivity index (χ1v) is 13.3. The van der Waals surface area contributed by atoms with Gasteiger partial charge in [0.2, 0.25) is 6.41 Å². The minimum Gasteiger partial charge on any atom is -0.456 e. The summed E-state index contributed by atoms with van der Waals surface area (Å²) in [4.78, 5) is 19.3. The molecule has 0 spiro atoms. The molecule has 1 fully saturated rings. The molecule has 1 saturated carbocycles. The van der Waals surface area contributed by atoms with Gasteiger partial charge < -0.3 is 15.8 Å². The van der Waals surface area contributed by atoms with E-state index < -0.39 is 10.8 Å². The lowest BCUT2D eigenvalue weighted by molar-refractivity contribution is -0.108. The van der Waals surface area contributed by atoms with Crippen LogP contribution in [-0.4, -0.2) is 32.6 Å². The minimum absolute atomic E-state index is 0.154. The molecule has 196 valence electrons. The third-order valence-electron chi connectivity index (χ3n) is 5.36. The number of allylic oxidation sites excluding steroid dienone is 1. The van der Waals surface area contributed by atoms with Gasteiger partial charge in [-0.3, -0.25) is 19.0 Å². The standard InChI is InChI=1S/C20H18FNO2S.C8H15N3O/c1-2-13-3-4-14(11-18(13)21)24-20-9-10-22-19-8-7-16(12-17(19)20)25(23)15-5-6-15;1-8(2,3)11-5-7(4-9)10-6-12/h3-4,7-12,15H,2,5-6H2,1H3;4-6H,9H2,1-3H3,(H,10,12)/b;7-4+,11-5?. The van der Waals surface area contributed by atoms with Gasteiger partial charge in [0.1, 0.15) is 17.3 Å². The Bertz CT molecular complexity index is 1330. The number of nitrogens with one attached hydrogen (secondary N) is 1. The third-order valence-corrected chi connectivity index (χ3v) is 7.16. The SMILES string of the molecule is CC(C)(C)N=C/C(=C\N)NC=O.CCc1ccc(Oc2ccnc3ccc(S(=O)C4CC4)cc23)cc1F. The van der Waals surface area contributed by atoms with E-state index in [0.717, 1.165) is 28.6 Å². The zero-order chi connectivity index (χ0) is 27.0. The Morgan fingerprint density at radius 2 is 2.00 bits per heavy atom. The summed E-state index contributed by atoms with van der Waals surface area (Å²) < 4.78 is 32.3. The molecule has 0 aliphatic heterocycles. The molecule has 1 atom stereocenters. The molecule has 4 rings (SSSR count). The van der Waals surface area contributed by atoms with Gasteiger partial charge >= 0.3 is 0 Å². The summed E-state index contributed by atoms with van der Waals surface area (Å²) in [5.41, 5.74) is 6.98. The minimum atomic E-state index is -0.986. The number of pyridine rings is 1. The molecule has 1 unspecified atom stereocenters. The number of nitrogens with zero attached hydrogens (tertiary/aromatic N) is 2. The summed E-state index contributed by atoms with van der Waals surface area (Å²) in [5.74, 6) is 0.758. The van der Waals surface area contributed by atoms with Crippen LogP contribution < -0.4 is 15.8 Å². The number of nitrogens with two attached hydrogens (primary N) is 1. The highest BCUT2D eigenvalue weighted by Gasteiger charge is 2.29. The molecule has 37 heavy (non-hydrogen) atoms. The summed E-state index contributed by atoms with van der Waals surface area (Å²) in [7, 11) is -0.986. The first kappa shape index (κ1) is 28.0. The number of fused-ring (bicyclic) bond motifs is 1. The predicted molar refractivity (Wildman–Crippen MR) is 147 cm³/mol. The Kier molecular flexibility index (Phi) is 9.52. The number of ether oxygens (including phenoxy) is 1. The molecule has 7 nitrogen and oxygen atoms in total. The monoisotopic (exact) mass is 524 g/mol. The van der Waals surface area contributed by atoms with Crippen molar-refractivity contribution in [3.8, 4) is 11.5 Å². The lowest BCUT2D eigenvalue weighted by Gasteiger charge is -2.11. The summed E-state index contributed by atoms with van der Waals surface area (Å²) in [6, 6.07) is 12.3. The predicted octanol–water partition coefficient (Wildman–Crippen LogP) is 5.40. The van der Waals surface area contributed by atoms with Gasteiger partial charge in [0.15, 0.2) is 0 Å². The lowest BCUT2D eigenvalue weighted by atomic mass is 10.1. The van der Waals surface area contributed by atoms with E-state index in [1.165, 1.54) is 18.5 Å². The van der Waals surface area contributed by atoms with E-state index in [1.807, 2.05) is 45.9 Å². The third kappa shape index (κ3) is 8.21. The number of carbonyl (C=O) groups excluding carboxylic acids is 1. The second-order valence-corrected chi connectivity index (χ2v) is 11.2. The van der Waals surface area contributed by atoms with Crippen molar-refractivity contribution >= 4 is 34.3 Å². The first-order chi connectivity index (χ1) is 17.6. The average molecular weight is 525 g/mol. The molecule has 9 heteroatoms. The maximum atomic E-state index is 14.0. The van der Waals surface area contributed by atoms with Crippen LogP contribution in [-0.2, 0) is 22.0 Å². The van der Waals surface area contributed by atoms with Gasteiger partial charge in [-0.2, -0.15) is 0 Å². The summed E-state index contributed by atoms with van der Waals surface area (Å²) in [5, 5.41) is 3.47. The van der Waals surface area contributed by atoms with Crippen LogP contribution >= 0.6 is 0 Å².